The molecular weight excluding hydrogens is 296 g/mol. The fourth-order valence-corrected chi connectivity index (χ4v) is 3.48. The largest absolute Gasteiger partial charge is 0.340 e. The second-order valence-electron chi connectivity index (χ2n) is 6.53. The molecule has 3 nitrogen and oxygen atoms in total. The molecule has 1 aromatic heterocycles. The lowest BCUT2D eigenvalue weighted by Gasteiger charge is -2.17. The zero-order chi connectivity index (χ0) is 16.5. The van der Waals surface area contributed by atoms with Crippen LogP contribution in [0.5, 0.6) is 0 Å². The molecule has 1 aliphatic rings. The second kappa shape index (κ2) is 6.08. The van der Waals surface area contributed by atoms with E-state index in [0.717, 1.165) is 12.1 Å². The molecule has 1 aliphatic carbocycles. The molecule has 120 valence electrons. The number of nitrogens with zero attached hydrogens (tertiary/aromatic N) is 2. The molecule has 0 radical (unpaired) electrons. The first-order valence-electron chi connectivity index (χ1n) is 8.36. The highest BCUT2D eigenvalue weighted by Gasteiger charge is 2.45. The van der Waals surface area contributed by atoms with Gasteiger partial charge in [-0.25, -0.2) is 0 Å². The zero-order valence-electron chi connectivity index (χ0n) is 13.7. The van der Waals surface area contributed by atoms with Crippen LogP contribution in [0.25, 0.3) is 10.8 Å². The predicted octanol–water partition coefficient (Wildman–Crippen LogP) is 4.00. The molecule has 3 heteroatoms. The summed E-state index contributed by atoms with van der Waals surface area (Å²) in [6, 6.07) is 20.6. The van der Waals surface area contributed by atoms with Crippen molar-refractivity contribution in [2.75, 3.05) is 7.05 Å². The highest BCUT2D eigenvalue weighted by Crippen LogP contribution is 2.50. The molecule has 1 heterocycles. The predicted molar refractivity (Wildman–Crippen MR) is 95.5 cm³/mol. The van der Waals surface area contributed by atoms with Gasteiger partial charge in [-0.05, 0) is 40.8 Å². The number of hydrogen-bond donors (Lipinski definition) is 0. The van der Waals surface area contributed by atoms with Crippen molar-refractivity contribution >= 4 is 16.7 Å². The van der Waals surface area contributed by atoms with Crippen molar-refractivity contribution in [3.8, 4) is 0 Å². The van der Waals surface area contributed by atoms with Gasteiger partial charge in [0.05, 0.1) is 12.2 Å². The summed E-state index contributed by atoms with van der Waals surface area (Å²) in [6.45, 7) is 0.568. The van der Waals surface area contributed by atoms with Crippen LogP contribution >= 0.6 is 0 Å². The summed E-state index contributed by atoms with van der Waals surface area (Å²) in [4.78, 5) is 18.8. The zero-order valence-corrected chi connectivity index (χ0v) is 13.7. The molecule has 0 aliphatic heterocycles. The molecule has 0 spiro atoms. The van der Waals surface area contributed by atoms with E-state index in [-0.39, 0.29) is 11.8 Å². The Hall–Kier alpha value is -2.68. The van der Waals surface area contributed by atoms with Crippen molar-refractivity contribution in [1.29, 1.82) is 0 Å². The SMILES string of the molecule is CN(Cc1ccccn1)C(=O)C1CC1c1cccc2ccccc12. The van der Waals surface area contributed by atoms with Gasteiger partial charge in [-0.3, -0.25) is 9.78 Å². The minimum Gasteiger partial charge on any atom is -0.340 e. The van der Waals surface area contributed by atoms with Gasteiger partial charge in [-0.1, -0.05) is 48.5 Å². The van der Waals surface area contributed by atoms with Crippen molar-refractivity contribution in [2.45, 2.75) is 18.9 Å². The summed E-state index contributed by atoms with van der Waals surface area (Å²) in [6.07, 6.45) is 2.71. The van der Waals surface area contributed by atoms with Crippen LogP contribution in [0.15, 0.2) is 66.9 Å². The van der Waals surface area contributed by atoms with Gasteiger partial charge in [0.1, 0.15) is 0 Å². The number of fused-ring (bicyclic) bond motifs is 1. The van der Waals surface area contributed by atoms with Crippen molar-refractivity contribution in [3.63, 3.8) is 0 Å². The highest BCUT2D eigenvalue weighted by atomic mass is 16.2. The maximum absolute atomic E-state index is 12.7. The lowest BCUT2D eigenvalue weighted by atomic mass is 10.00. The van der Waals surface area contributed by atoms with Gasteiger partial charge in [-0.2, -0.15) is 0 Å². The highest BCUT2D eigenvalue weighted by molar-refractivity contribution is 5.89. The summed E-state index contributed by atoms with van der Waals surface area (Å²) < 4.78 is 0. The van der Waals surface area contributed by atoms with Crippen LogP contribution in [0, 0.1) is 5.92 Å². The van der Waals surface area contributed by atoms with Crippen LogP contribution in [0.4, 0.5) is 0 Å². The Morgan fingerprint density at radius 1 is 1.08 bits per heavy atom. The number of carbonyl (C=O) groups is 1. The quantitative estimate of drug-likeness (QED) is 0.729. The number of amides is 1. The molecule has 1 saturated carbocycles. The molecule has 0 N–H and O–H groups in total. The molecule has 1 fully saturated rings. The number of carbonyl (C=O) groups excluding carboxylic acids is 1. The maximum atomic E-state index is 12.7. The van der Waals surface area contributed by atoms with E-state index in [1.54, 1.807) is 11.1 Å². The van der Waals surface area contributed by atoms with Crippen LogP contribution in [0.3, 0.4) is 0 Å². The molecule has 1 amide bonds. The van der Waals surface area contributed by atoms with E-state index < -0.39 is 0 Å². The van der Waals surface area contributed by atoms with Gasteiger partial charge < -0.3 is 4.90 Å². The fourth-order valence-electron chi connectivity index (χ4n) is 3.48. The number of rotatable bonds is 4. The number of hydrogen-bond acceptors (Lipinski definition) is 2. The third kappa shape index (κ3) is 2.78. The second-order valence-corrected chi connectivity index (χ2v) is 6.53. The average molecular weight is 316 g/mol. The van der Waals surface area contributed by atoms with Gasteiger partial charge >= 0.3 is 0 Å². The van der Waals surface area contributed by atoms with Gasteiger partial charge in [0.25, 0.3) is 0 Å². The Balaban J connectivity index is 1.50. The lowest BCUT2D eigenvalue weighted by Crippen LogP contribution is -2.28. The molecule has 0 bridgehead atoms. The van der Waals surface area contributed by atoms with Gasteiger partial charge in [0, 0.05) is 19.2 Å². The van der Waals surface area contributed by atoms with Crippen LogP contribution in [-0.2, 0) is 11.3 Å². The summed E-state index contributed by atoms with van der Waals surface area (Å²) in [5.41, 5.74) is 2.23. The molecule has 3 aromatic rings. The van der Waals surface area contributed by atoms with Gasteiger partial charge in [0.15, 0.2) is 0 Å². The third-order valence-electron chi connectivity index (χ3n) is 4.83. The first-order chi connectivity index (χ1) is 11.7. The van der Waals surface area contributed by atoms with Crippen molar-refractivity contribution in [1.82, 2.24) is 9.88 Å². The Bertz CT molecular complexity index is 870. The van der Waals surface area contributed by atoms with Crippen LogP contribution in [0.1, 0.15) is 23.6 Å². The van der Waals surface area contributed by atoms with E-state index in [9.17, 15) is 4.79 Å². The molecule has 2 atom stereocenters. The van der Waals surface area contributed by atoms with E-state index in [1.807, 2.05) is 25.2 Å². The van der Waals surface area contributed by atoms with Crippen LogP contribution in [-0.4, -0.2) is 22.8 Å². The van der Waals surface area contributed by atoms with Crippen molar-refractivity contribution in [2.24, 2.45) is 5.92 Å². The summed E-state index contributed by atoms with van der Waals surface area (Å²) >= 11 is 0. The summed E-state index contributed by atoms with van der Waals surface area (Å²) in [5, 5.41) is 2.52. The molecule has 2 unspecified atom stereocenters. The standard InChI is InChI=1S/C21H20N2O/c1-23(14-16-9-4-5-12-22-16)21(24)20-13-19(20)18-11-6-8-15-7-2-3-10-17(15)18/h2-12,19-20H,13-14H2,1H3. The first-order valence-corrected chi connectivity index (χ1v) is 8.36. The minimum atomic E-state index is 0.101. The summed E-state index contributed by atoms with van der Waals surface area (Å²) in [7, 11) is 1.87. The fraction of sp³-hybridized carbons (Fsp3) is 0.238. The number of pyridine rings is 1. The van der Waals surface area contributed by atoms with Gasteiger partial charge in [0.2, 0.25) is 5.91 Å². The first kappa shape index (κ1) is 14.9. The Morgan fingerprint density at radius 2 is 1.88 bits per heavy atom. The molecule has 24 heavy (non-hydrogen) atoms. The topological polar surface area (TPSA) is 33.2 Å². The molecule has 0 saturated heterocycles. The van der Waals surface area contributed by atoms with E-state index in [0.29, 0.717) is 12.5 Å². The number of benzene rings is 2. The van der Waals surface area contributed by atoms with E-state index in [2.05, 4.69) is 47.4 Å². The smallest absolute Gasteiger partial charge is 0.226 e. The van der Waals surface area contributed by atoms with Crippen molar-refractivity contribution in [3.05, 3.63) is 78.1 Å². The van der Waals surface area contributed by atoms with Crippen molar-refractivity contribution < 1.29 is 4.79 Å². The third-order valence-corrected chi connectivity index (χ3v) is 4.83. The van der Waals surface area contributed by atoms with E-state index in [4.69, 9.17) is 0 Å². The maximum Gasteiger partial charge on any atom is 0.226 e. The Labute approximate surface area is 141 Å². The minimum absolute atomic E-state index is 0.101. The molecular formula is C21H20N2O. The normalized spacial score (nSPS) is 19.2. The van der Waals surface area contributed by atoms with E-state index in [1.165, 1.54) is 16.3 Å². The summed E-state index contributed by atoms with van der Waals surface area (Å²) in [5.74, 6) is 0.665. The van der Waals surface area contributed by atoms with E-state index >= 15 is 0 Å². The Kier molecular flexibility index (Phi) is 3.77. The number of aromatic nitrogens is 1. The average Bonchev–Trinajstić information content (AvgIpc) is 3.42. The molecule has 2 aromatic carbocycles. The Morgan fingerprint density at radius 3 is 2.71 bits per heavy atom. The van der Waals surface area contributed by atoms with Crippen LogP contribution in [0.2, 0.25) is 0 Å². The van der Waals surface area contributed by atoms with Crippen LogP contribution < -0.4 is 0 Å². The van der Waals surface area contributed by atoms with Gasteiger partial charge in [-0.15, -0.1) is 0 Å². The monoisotopic (exact) mass is 316 g/mol. The lowest BCUT2D eigenvalue weighted by molar-refractivity contribution is -0.131. The molecule has 4 rings (SSSR count).